The molecule has 1 amide bonds. The second-order valence-electron chi connectivity index (χ2n) is 4.96. The number of hydrogen-bond donors (Lipinski definition) is 1. The fraction of sp³-hybridized carbons (Fsp3) is 0.250. The summed E-state index contributed by atoms with van der Waals surface area (Å²) in [7, 11) is 0. The molecule has 1 N–H and O–H groups in total. The van der Waals surface area contributed by atoms with Crippen LogP contribution in [0.3, 0.4) is 0 Å². The van der Waals surface area contributed by atoms with E-state index in [1.165, 1.54) is 4.57 Å². The van der Waals surface area contributed by atoms with E-state index in [2.05, 4.69) is 11.2 Å². The molecule has 1 saturated carbocycles. The van der Waals surface area contributed by atoms with E-state index in [4.69, 9.17) is 6.42 Å². The molecular formula is C16H14N2O2. The molecular weight excluding hydrogens is 252 g/mol. The summed E-state index contributed by atoms with van der Waals surface area (Å²) in [6.07, 6.45) is 7.31. The highest BCUT2D eigenvalue weighted by atomic mass is 16.2. The number of fused-ring (bicyclic) bond motifs is 1. The van der Waals surface area contributed by atoms with Gasteiger partial charge >= 0.3 is 0 Å². The number of benzene rings is 1. The monoisotopic (exact) mass is 266 g/mol. The topological polar surface area (TPSA) is 51.1 Å². The minimum atomic E-state index is -0.231. The van der Waals surface area contributed by atoms with Crippen LogP contribution in [0.2, 0.25) is 0 Å². The van der Waals surface area contributed by atoms with E-state index in [1.807, 2.05) is 12.1 Å². The second kappa shape index (κ2) is 4.86. The van der Waals surface area contributed by atoms with Gasteiger partial charge in [0.15, 0.2) is 0 Å². The zero-order valence-corrected chi connectivity index (χ0v) is 10.9. The summed E-state index contributed by atoms with van der Waals surface area (Å²) in [5.74, 6) is 2.21. The molecule has 4 nitrogen and oxygen atoms in total. The number of amides is 1. The second-order valence-corrected chi connectivity index (χ2v) is 4.96. The van der Waals surface area contributed by atoms with Crippen molar-refractivity contribution in [3.63, 3.8) is 0 Å². The van der Waals surface area contributed by atoms with Crippen molar-refractivity contribution in [1.29, 1.82) is 0 Å². The van der Waals surface area contributed by atoms with Gasteiger partial charge < -0.3 is 5.32 Å². The molecule has 4 heteroatoms. The van der Waals surface area contributed by atoms with E-state index in [-0.39, 0.29) is 24.1 Å². The van der Waals surface area contributed by atoms with Crippen LogP contribution in [0.1, 0.15) is 23.3 Å². The minimum Gasteiger partial charge on any atom is -0.348 e. The first-order valence-electron chi connectivity index (χ1n) is 6.57. The summed E-state index contributed by atoms with van der Waals surface area (Å²) in [5, 5.41) is 4.22. The lowest BCUT2D eigenvalue weighted by molar-refractivity contribution is 0.0941. The van der Waals surface area contributed by atoms with Crippen LogP contribution in [0.15, 0.2) is 35.1 Å². The Kier molecular flexibility index (Phi) is 3.03. The molecule has 0 aliphatic heterocycles. The summed E-state index contributed by atoms with van der Waals surface area (Å²) in [6.45, 7) is 0.0943. The Morgan fingerprint density at radius 1 is 1.40 bits per heavy atom. The number of nitrogens with zero attached hydrogens (tertiary/aromatic N) is 1. The zero-order valence-electron chi connectivity index (χ0n) is 10.9. The summed E-state index contributed by atoms with van der Waals surface area (Å²) in [6, 6.07) is 9.18. The number of rotatable bonds is 3. The quantitative estimate of drug-likeness (QED) is 0.856. The first kappa shape index (κ1) is 12.5. The molecule has 1 aromatic heterocycles. The molecule has 3 rings (SSSR count). The number of hydrogen-bond acceptors (Lipinski definition) is 2. The van der Waals surface area contributed by atoms with Gasteiger partial charge in [-0.2, -0.15) is 0 Å². The highest BCUT2D eigenvalue weighted by Crippen LogP contribution is 2.20. The maximum atomic E-state index is 12.4. The SMILES string of the molecule is C#CCn1c(C(=O)NC2CC2)cc2ccccc2c1=O. The molecule has 100 valence electrons. The molecule has 0 saturated heterocycles. The van der Waals surface area contributed by atoms with Crippen molar-refractivity contribution in [3.05, 3.63) is 46.4 Å². The fourth-order valence-electron chi connectivity index (χ4n) is 2.22. The van der Waals surface area contributed by atoms with Crippen LogP contribution in [0.5, 0.6) is 0 Å². The summed E-state index contributed by atoms with van der Waals surface area (Å²) in [4.78, 5) is 24.7. The van der Waals surface area contributed by atoms with Crippen molar-refractivity contribution in [3.8, 4) is 12.3 Å². The van der Waals surface area contributed by atoms with Gasteiger partial charge in [-0.3, -0.25) is 14.2 Å². The molecule has 2 aromatic rings. The molecule has 20 heavy (non-hydrogen) atoms. The Hall–Kier alpha value is -2.54. The molecule has 0 atom stereocenters. The number of nitrogens with one attached hydrogen (secondary N) is 1. The largest absolute Gasteiger partial charge is 0.348 e. The Labute approximate surface area is 116 Å². The summed E-state index contributed by atoms with van der Waals surface area (Å²) < 4.78 is 1.36. The normalized spacial score (nSPS) is 13.9. The van der Waals surface area contributed by atoms with Crippen LogP contribution in [-0.2, 0) is 6.54 Å². The van der Waals surface area contributed by atoms with Gasteiger partial charge in [-0.15, -0.1) is 6.42 Å². The lowest BCUT2D eigenvalue weighted by Gasteiger charge is -2.12. The highest BCUT2D eigenvalue weighted by molar-refractivity contribution is 5.97. The molecule has 0 bridgehead atoms. The molecule has 1 heterocycles. The Morgan fingerprint density at radius 2 is 2.15 bits per heavy atom. The van der Waals surface area contributed by atoms with Crippen molar-refractivity contribution in [2.75, 3.05) is 0 Å². The number of carbonyl (C=O) groups excluding carboxylic acids is 1. The third-order valence-electron chi connectivity index (χ3n) is 3.41. The van der Waals surface area contributed by atoms with Gasteiger partial charge in [-0.25, -0.2) is 0 Å². The maximum Gasteiger partial charge on any atom is 0.268 e. The van der Waals surface area contributed by atoms with Crippen molar-refractivity contribution >= 4 is 16.7 Å². The average molecular weight is 266 g/mol. The van der Waals surface area contributed by atoms with Crippen LogP contribution in [0, 0.1) is 12.3 Å². The van der Waals surface area contributed by atoms with E-state index >= 15 is 0 Å². The Bertz CT molecular complexity index is 779. The molecule has 0 unspecified atom stereocenters. The predicted molar refractivity (Wildman–Crippen MR) is 77.5 cm³/mol. The lowest BCUT2D eigenvalue weighted by atomic mass is 10.1. The van der Waals surface area contributed by atoms with E-state index < -0.39 is 0 Å². The molecule has 0 radical (unpaired) electrons. The zero-order chi connectivity index (χ0) is 14.1. The summed E-state index contributed by atoms with van der Waals surface area (Å²) >= 11 is 0. The van der Waals surface area contributed by atoms with Crippen molar-refractivity contribution < 1.29 is 4.79 Å². The Balaban J connectivity index is 2.17. The Morgan fingerprint density at radius 3 is 2.85 bits per heavy atom. The molecule has 1 aliphatic rings. The van der Waals surface area contributed by atoms with Crippen molar-refractivity contribution in [2.45, 2.75) is 25.4 Å². The van der Waals surface area contributed by atoms with Crippen LogP contribution in [0.4, 0.5) is 0 Å². The van der Waals surface area contributed by atoms with Gasteiger partial charge in [0.1, 0.15) is 5.69 Å². The van der Waals surface area contributed by atoms with Crippen LogP contribution < -0.4 is 10.9 Å². The number of carbonyl (C=O) groups is 1. The minimum absolute atomic E-state index is 0.0943. The van der Waals surface area contributed by atoms with E-state index in [0.29, 0.717) is 11.1 Å². The van der Waals surface area contributed by atoms with Crippen LogP contribution in [0.25, 0.3) is 10.8 Å². The van der Waals surface area contributed by atoms with Gasteiger partial charge in [-0.1, -0.05) is 24.1 Å². The average Bonchev–Trinajstić information content (AvgIpc) is 3.26. The number of terminal acetylenes is 1. The fourth-order valence-corrected chi connectivity index (χ4v) is 2.22. The first-order valence-corrected chi connectivity index (χ1v) is 6.57. The van der Waals surface area contributed by atoms with E-state index in [9.17, 15) is 9.59 Å². The standard InChI is InChI=1S/C16H14N2O2/c1-2-9-18-14(15(19)17-12-7-8-12)10-11-5-3-4-6-13(11)16(18)20/h1,3-6,10,12H,7-9H2,(H,17,19). The predicted octanol–water partition coefficient (Wildman–Crippen LogP) is 1.53. The molecule has 1 aromatic carbocycles. The number of pyridine rings is 1. The molecule has 1 aliphatic carbocycles. The van der Waals surface area contributed by atoms with E-state index in [1.54, 1.807) is 18.2 Å². The molecule has 0 spiro atoms. The van der Waals surface area contributed by atoms with Crippen LogP contribution in [-0.4, -0.2) is 16.5 Å². The first-order chi connectivity index (χ1) is 9.70. The van der Waals surface area contributed by atoms with Crippen LogP contribution >= 0.6 is 0 Å². The maximum absolute atomic E-state index is 12.4. The van der Waals surface area contributed by atoms with Crippen molar-refractivity contribution in [1.82, 2.24) is 9.88 Å². The van der Waals surface area contributed by atoms with Crippen molar-refractivity contribution in [2.24, 2.45) is 0 Å². The van der Waals surface area contributed by atoms with Gasteiger partial charge in [0.2, 0.25) is 0 Å². The molecule has 1 fully saturated rings. The highest BCUT2D eigenvalue weighted by Gasteiger charge is 2.25. The van der Waals surface area contributed by atoms with Gasteiger partial charge in [0.25, 0.3) is 11.5 Å². The summed E-state index contributed by atoms with van der Waals surface area (Å²) in [5.41, 5.74) is 0.112. The lowest BCUT2D eigenvalue weighted by Crippen LogP contribution is -2.33. The van der Waals surface area contributed by atoms with Gasteiger partial charge in [-0.05, 0) is 30.4 Å². The van der Waals surface area contributed by atoms with E-state index in [0.717, 1.165) is 18.2 Å². The van der Waals surface area contributed by atoms with Gasteiger partial charge in [0, 0.05) is 11.4 Å². The number of aromatic nitrogens is 1. The third-order valence-corrected chi connectivity index (χ3v) is 3.41. The smallest absolute Gasteiger partial charge is 0.268 e. The van der Waals surface area contributed by atoms with Gasteiger partial charge in [0.05, 0.1) is 6.54 Å². The third kappa shape index (κ3) is 2.19.